The Morgan fingerprint density at radius 3 is 0.883 bits per heavy atom. The Morgan fingerprint density at radius 1 is 0.351 bits per heavy atom. The van der Waals surface area contributed by atoms with Gasteiger partial charge in [0.15, 0.2) is 0 Å². The SMILES string of the molecule is CCCCCCCCCCCCCCCC/C=C/C(O)C(CO)NC(=O)CCCCCCCCCCCCCCCCCCCCCCCCCCCOC(=O)CCCCCCCCCCCCCCCCCCCCC. The monoisotopic (exact) mass is 1090 g/mol. The van der Waals surface area contributed by atoms with Crippen LogP contribution in [0.1, 0.15) is 406 Å². The largest absolute Gasteiger partial charge is 0.466 e. The smallest absolute Gasteiger partial charge is 0.305 e. The topological polar surface area (TPSA) is 95.9 Å². The Labute approximate surface area is 482 Å². The number of esters is 1. The van der Waals surface area contributed by atoms with E-state index in [1.165, 1.54) is 340 Å². The van der Waals surface area contributed by atoms with Gasteiger partial charge in [-0.2, -0.15) is 0 Å². The Balaban J connectivity index is 3.35. The number of rotatable bonds is 67. The predicted molar refractivity (Wildman–Crippen MR) is 338 cm³/mol. The minimum Gasteiger partial charge on any atom is -0.466 e. The summed E-state index contributed by atoms with van der Waals surface area (Å²) in [7, 11) is 0. The molecule has 0 heterocycles. The number of nitrogens with one attached hydrogen (secondary N) is 1. The molecule has 0 saturated carbocycles. The molecule has 0 aliphatic rings. The molecule has 2 unspecified atom stereocenters. The van der Waals surface area contributed by atoms with E-state index in [-0.39, 0.29) is 18.5 Å². The Bertz CT molecular complexity index is 1160. The molecule has 0 aliphatic carbocycles. The van der Waals surface area contributed by atoms with Crippen LogP contribution in [0.3, 0.4) is 0 Å². The van der Waals surface area contributed by atoms with Crippen molar-refractivity contribution in [1.29, 1.82) is 0 Å². The highest BCUT2D eigenvalue weighted by atomic mass is 16.5. The van der Waals surface area contributed by atoms with Crippen LogP contribution in [0.2, 0.25) is 0 Å². The molecule has 0 aromatic carbocycles. The average molecular weight is 1090 g/mol. The molecule has 6 heteroatoms. The summed E-state index contributed by atoms with van der Waals surface area (Å²) in [5.74, 6) is -0.0411. The van der Waals surface area contributed by atoms with Crippen molar-refractivity contribution in [3.8, 4) is 0 Å². The zero-order valence-corrected chi connectivity index (χ0v) is 52.5. The molecule has 0 radical (unpaired) electrons. The Morgan fingerprint density at radius 2 is 0.597 bits per heavy atom. The van der Waals surface area contributed by atoms with E-state index in [9.17, 15) is 19.8 Å². The fourth-order valence-corrected chi connectivity index (χ4v) is 11.4. The average Bonchev–Trinajstić information content (AvgIpc) is 3.43. The number of ether oxygens (including phenoxy) is 1. The van der Waals surface area contributed by atoms with Gasteiger partial charge < -0.3 is 20.3 Å². The zero-order valence-electron chi connectivity index (χ0n) is 52.5. The van der Waals surface area contributed by atoms with Gasteiger partial charge in [-0.05, 0) is 32.1 Å². The van der Waals surface area contributed by atoms with Gasteiger partial charge in [-0.3, -0.25) is 9.59 Å². The van der Waals surface area contributed by atoms with Gasteiger partial charge in [-0.15, -0.1) is 0 Å². The molecule has 3 N–H and O–H groups in total. The molecule has 0 fully saturated rings. The van der Waals surface area contributed by atoms with Gasteiger partial charge in [-0.25, -0.2) is 0 Å². The lowest BCUT2D eigenvalue weighted by atomic mass is 10.0. The summed E-state index contributed by atoms with van der Waals surface area (Å²) in [5, 5.41) is 23.2. The van der Waals surface area contributed by atoms with Crippen molar-refractivity contribution in [2.45, 2.75) is 418 Å². The lowest BCUT2D eigenvalue weighted by Gasteiger charge is -2.20. The fraction of sp³-hybridized carbons (Fsp3) is 0.944. The van der Waals surface area contributed by atoms with E-state index < -0.39 is 12.1 Å². The quantitative estimate of drug-likeness (QED) is 0.0320. The number of aliphatic hydroxyl groups excluding tert-OH is 2. The van der Waals surface area contributed by atoms with E-state index in [0.29, 0.717) is 19.4 Å². The van der Waals surface area contributed by atoms with Crippen LogP contribution in [0.5, 0.6) is 0 Å². The van der Waals surface area contributed by atoms with E-state index in [4.69, 9.17) is 4.74 Å². The number of allylic oxidation sites excluding steroid dienone is 1. The second kappa shape index (κ2) is 67.1. The lowest BCUT2D eigenvalue weighted by molar-refractivity contribution is -0.143. The molecule has 2 atom stereocenters. The number of carbonyl (C=O) groups excluding carboxylic acids is 2. The maximum Gasteiger partial charge on any atom is 0.305 e. The van der Waals surface area contributed by atoms with Crippen LogP contribution in [0.25, 0.3) is 0 Å². The maximum absolute atomic E-state index is 12.5. The summed E-state index contributed by atoms with van der Waals surface area (Å²) < 4.78 is 5.51. The summed E-state index contributed by atoms with van der Waals surface area (Å²) in [6.45, 7) is 4.95. The van der Waals surface area contributed by atoms with Crippen LogP contribution in [0.4, 0.5) is 0 Å². The molecule has 0 bridgehead atoms. The van der Waals surface area contributed by atoms with E-state index >= 15 is 0 Å². The molecule has 6 nitrogen and oxygen atoms in total. The molecule has 0 aromatic heterocycles. The number of carbonyl (C=O) groups is 2. The number of aliphatic hydroxyl groups is 2. The standard InChI is InChI=1S/C71H139NO5/c1-3-5-7-9-11-13-15-17-19-21-29-33-37-41-45-49-53-57-61-65-71(76)77-66-62-58-54-50-46-42-38-34-31-28-26-24-22-23-25-27-30-32-36-40-44-48-52-56-60-64-70(75)72-68(67-73)69(74)63-59-55-51-47-43-39-35-20-18-16-14-12-10-8-6-4-2/h59,63,68-69,73-74H,3-58,60-62,64-67H2,1-2H3,(H,72,75)/b63-59+. The molecule has 0 rings (SSSR count). The summed E-state index contributed by atoms with van der Waals surface area (Å²) in [5.41, 5.74) is 0. The predicted octanol–water partition coefficient (Wildman–Crippen LogP) is 22.8. The van der Waals surface area contributed by atoms with Crippen LogP contribution in [-0.2, 0) is 14.3 Å². The van der Waals surface area contributed by atoms with Gasteiger partial charge in [0, 0.05) is 12.8 Å². The second-order valence-corrected chi connectivity index (χ2v) is 24.6. The molecular weight excluding hydrogens is 947 g/mol. The molecule has 458 valence electrons. The summed E-state index contributed by atoms with van der Waals surface area (Å²) in [6, 6.07) is -0.626. The third-order valence-electron chi connectivity index (χ3n) is 16.8. The first kappa shape index (κ1) is 75.6. The van der Waals surface area contributed by atoms with Gasteiger partial charge in [-0.1, -0.05) is 373 Å². The van der Waals surface area contributed by atoms with E-state index in [1.54, 1.807) is 6.08 Å². The first-order chi connectivity index (χ1) is 38.0. The van der Waals surface area contributed by atoms with Gasteiger partial charge >= 0.3 is 5.97 Å². The van der Waals surface area contributed by atoms with Crippen LogP contribution < -0.4 is 5.32 Å². The third kappa shape index (κ3) is 63.6. The third-order valence-corrected chi connectivity index (χ3v) is 16.8. The van der Waals surface area contributed by atoms with Crippen LogP contribution >= 0.6 is 0 Å². The molecule has 0 spiro atoms. The van der Waals surface area contributed by atoms with Crippen molar-refractivity contribution in [3.05, 3.63) is 12.2 Å². The molecule has 0 aliphatic heterocycles. The van der Waals surface area contributed by atoms with Crippen molar-refractivity contribution >= 4 is 11.9 Å². The van der Waals surface area contributed by atoms with E-state index in [1.807, 2.05) is 6.08 Å². The van der Waals surface area contributed by atoms with E-state index in [2.05, 4.69) is 19.2 Å². The van der Waals surface area contributed by atoms with Crippen molar-refractivity contribution in [2.24, 2.45) is 0 Å². The van der Waals surface area contributed by atoms with Crippen molar-refractivity contribution in [2.75, 3.05) is 13.2 Å². The normalized spacial score (nSPS) is 12.5. The van der Waals surface area contributed by atoms with Gasteiger partial charge in [0.1, 0.15) is 0 Å². The number of hydrogen-bond acceptors (Lipinski definition) is 5. The van der Waals surface area contributed by atoms with Crippen LogP contribution in [0.15, 0.2) is 12.2 Å². The number of hydrogen-bond donors (Lipinski definition) is 3. The molecule has 77 heavy (non-hydrogen) atoms. The van der Waals surface area contributed by atoms with Crippen LogP contribution in [-0.4, -0.2) is 47.4 Å². The number of unbranched alkanes of at least 4 members (excludes halogenated alkanes) is 56. The highest BCUT2D eigenvalue weighted by Gasteiger charge is 2.18. The van der Waals surface area contributed by atoms with Gasteiger partial charge in [0.25, 0.3) is 0 Å². The highest BCUT2D eigenvalue weighted by Crippen LogP contribution is 2.19. The minimum absolute atomic E-state index is 0.0218. The number of amides is 1. The zero-order chi connectivity index (χ0) is 55.7. The highest BCUT2D eigenvalue weighted by molar-refractivity contribution is 5.76. The summed E-state index contributed by atoms with van der Waals surface area (Å²) in [6.07, 6.45) is 82.9. The van der Waals surface area contributed by atoms with Crippen molar-refractivity contribution < 1.29 is 24.5 Å². The first-order valence-corrected chi connectivity index (χ1v) is 35.5. The fourth-order valence-electron chi connectivity index (χ4n) is 11.4. The van der Waals surface area contributed by atoms with E-state index in [0.717, 1.165) is 38.5 Å². The maximum atomic E-state index is 12.5. The van der Waals surface area contributed by atoms with Crippen molar-refractivity contribution in [1.82, 2.24) is 5.32 Å². The molecular formula is C71H139NO5. The first-order valence-electron chi connectivity index (χ1n) is 35.5. The molecule has 0 aromatic rings. The molecule has 0 saturated heterocycles. The van der Waals surface area contributed by atoms with Gasteiger partial charge in [0.2, 0.25) is 5.91 Å². The van der Waals surface area contributed by atoms with Crippen molar-refractivity contribution in [3.63, 3.8) is 0 Å². The van der Waals surface area contributed by atoms with Gasteiger partial charge in [0.05, 0.1) is 25.4 Å². The lowest BCUT2D eigenvalue weighted by Crippen LogP contribution is -2.45. The van der Waals surface area contributed by atoms with Crippen LogP contribution in [0, 0.1) is 0 Å². The summed E-state index contributed by atoms with van der Waals surface area (Å²) in [4.78, 5) is 24.6. The Hall–Kier alpha value is -1.40. The summed E-state index contributed by atoms with van der Waals surface area (Å²) >= 11 is 0. The Kier molecular flexibility index (Phi) is 65.9. The molecule has 1 amide bonds. The minimum atomic E-state index is -0.843. The second-order valence-electron chi connectivity index (χ2n) is 24.6.